The van der Waals surface area contributed by atoms with E-state index in [1.807, 2.05) is 27.7 Å². The van der Waals surface area contributed by atoms with E-state index in [1.54, 1.807) is 0 Å². The Bertz CT molecular complexity index is 256. The number of rotatable bonds is 5. The molecule has 0 fully saturated rings. The molecule has 16 heavy (non-hydrogen) atoms. The third-order valence-electron chi connectivity index (χ3n) is 2.28. The van der Waals surface area contributed by atoms with Crippen molar-refractivity contribution in [2.45, 2.75) is 52.6 Å². The lowest BCUT2D eigenvalue weighted by Crippen LogP contribution is -2.52. The van der Waals surface area contributed by atoms with Gasteiger partial charge in [0.25, 0.3) is 0 Å². The largest absolute Gasteiger partial charge is 0.368 e. The Hall–Kier alpha value is -1.10. The van der Waals surface area contributed by atoms with Gasteiger partial charge in [-0.05, 0) is 18.8 Å². The summed E-state index contributed by atoms with van der Waals surface area (Å²) in [5.41, 5.74) is 10.4. The number of primary amides is 1. The molecule has 0 aromatic rings. The van der Waals surface area contributed by atoms with Gasteiger partial charge in [0.2, 0.25) is 11.8 Å². The lowest BCUT2D eigenvalue weighted by molar-refractivity contribution is -0.129. The van der Waals surface area contributed by atoms with Gasteiger partial charge in [0.05, 0.1) is 0 Å². The van der Waals surface area contributed by atoms with Crippen LogP contribution >= 0.6 is 0 Å². The second kappa shape index (κ2) is 5.84. The fraction of sp³-hybridized carbons (Fsp3) is 0.818. The van der Waals surface area contributed by atoms with E-state index >= 15 is 0 Å². The van der Waals surface area contributed by atoms with Crippen LogP contribution in [0.1, 0.15) is 40.5 Å². The fourth-order valence-corrected chi connectivity index (χ4v) is 1.31. The first-order valence-electron chi connectivity index (χ1n) is 5.49. The smallest absolute Gasteiger partial charge is 0.240 e. The van der Waals surface area contributed by atoms with Crippen molar-refractivity contribution in [3.63, 3.8) is 0 Å². The molecule has 0 heterocycles. The summed E-state index contributed by atoms with van der Waals surface area (Å²) >= 11 is 0. The number of hydrogen-bond acceptors (Lipinski definition) is 3. The van der Waals surface area contributed by atoms with Crippen LogP contribution in [-0.2, 0) is 9.59 Å². The molecule has 0 saturated heterocycles. The van der Waals surface area contributed by atoms with Crippen molar-refractivity contribution in [2.75, 3.05) is 0 Å². The van der Waals surface area contributed by atoms with E-state index < -0.39 is 11.9 Å². The molecule has 0 aliphatic heterocycles. The van der Waals surface area contributed by atoms with Crippen LogP contribution in [0.15, 0.2) is 0 Å². The Labute approximate surface area is 96.9 Å². The molecule has 0 aromatic carbocycles. The Kier molecular flexibility index (Phi) is 5.44. The van der Waals surface area contributed by atoms with Crippen LogP contribution < -0.4 is 16.8 Å². The Balaban J connectivity index is 4.32. The average molecular weight is 229 g/mol. The third kappa shape index (κ3) is 5.70. The van der Waals surface area contributed by atoms with Crippen LogP contribution in [0.2, 0.25) is 0 Å². The van der Waals surface area contributed by atoms with E-state index in [0.29, 0.717) is 12.8 Å². The molecule has 2 atom stereocenters. The van der Waals surface area contributed by atoms with E-state index in [4.69, 9.17) is 11.5 Å². The summed E-state index contributed by atoms with van der Waals surface area (Å²) in [5.74, 6) is -0.697. The zero-order valence-corrected chi connectivity index (χ0v) is 10.5. The average Bonchev–Trinajstić information content (AvgIpc) is 2.08. The van der Waals surface area contributed by atoms with Gasteiger partial charge < -0.3 is 16.8 Å². The van der Waals surface area contributed by atoms with Crippen molar-refractivity contribution in [1.29, 1.82) is 0 Å². The van der Waals surface area contributed by atoms with Crippen molar-refractivity contribution < 1.29 is 9.59 Å². The SMILES string of the molecule is CC(N)CCC(=O)NC(C(N)=O)C(C)(C)C. The van der Waals surface area contributed by atoms with Gasteiger partial charge in [-0.3, -0.25) is 9.59 Å². The molecule has 0 aromatic heterocycles. The lowest BCUT2D eigenvalue weighted by atomic mass is 9.86. The molecule has 0 radical (unpaired) electrons. The normalized spacial score (nSPS) is 15.3. The highest BCUT2D eigenvalue weighted by Crippen LogP contribution is 2.19. The maximum Gasteiger partial charge on any atom is 0.240 e. The van der Waals surface area contributed by atoms with Crippen LogP contribution in [0.3, 0.4) is 0 Å². The van der Waals surface area contributed by atoms with Gasteiger partial charge in [-0.25, -0.2) is 0 Å². The van der Waals surface area contributed by atoms with E-state index in [0.717, 1.165) is 0 Å². The summed E-state index contributed by atoms with van der Waals surface area (Å²) in [7, 11) is 0. The second-order valence-corrected chi connectivity index (χ2v) is 5.28. The van der Waals surface area contributed by atoms with Crippen LogP contribution in [0.5, 0.6) is 0 Å². The predicted octanol–water partition coefficient (Wildman–Crippen LogP) is 0.130. The van der Waals surface area contributed by atoms with Gasteiger partial charge in [0, 0.05) is 12.5 Å². The molecule has 2 amide bonds. The molecule has 5 heteroatoms. The highest BCUT2D eigenvalue weighted by molar-refractivity contribution is 5.87. The Morgan fingerprint density at radius 3 is 2.12 bits per heavy atom. The van der Waals surface area contributed by atoms with Gasteiger partial charge in [-0.1, -0.05) is 20.8 Å². The van der Waals surface area contributed by atoms with Gasteiger partial charge in [0.1, 0.15) is 6.04 Å². The van der Waals surface area contributed by atoms with Crippen molar-refractivity contribution in [1.82, 2.24) is 5.32 Å². The summed E-state index contributed by atoms with van der Waals surface area (Å²) in [5, 5.41) is 2.64. The molecule has 0 spiro atoms. The number of carbonyl (C=O) groups is 2. The first-order chi connectivity index (χ1) is 7.14. The fourth-order valence-electron chi connectivity index (χ4n) is 1.31. The number of carbonyl (C=O) groups excluding carboxylic acids is 2. The maximum atomic E-state index is 11.5. The molecule has 94 valence electrons. The van der Waals surface area contributed by atoms with E-state index in [1.165, 1.54) is 0 Å². The molecule has 0 rings (SSSR count). The van der Waals surface area contributed by atoms with Crippen LogP contribution in [0, 0.1) is 5.41 Å². The van der Waals surface area contributed by atoms with Crippen molar-refractivity contribution >= 4 is 11.8 Å². The highest BCUT2D eigenvalue weighted by atomic mass is 16.2. The van der Waals surface area contributed by atoms with Crippen molar-refractivity contribution in [3.8, 4) is 0 Å². The van der Waals surface area contributed by atoms with Gasteiger partial charge in [-0.2, -0.15) is 0 Å². The quantitative estimate of drug-likeness (QED) is 0.625. The molecule has 0 saturated carbocycles. The number of nitrogens with two attached hydrogens (primary N) is 2. The summed E-state index contributed by atoms with van der Waals surface area (Å²) in [6.07, 6.45) is 0.916. The first kappa shape index (κ1) is 14.9. The predicted molar refractivity (Wildman–Crippen MR) is 63.5 cm³/mol. The van der Waals surface area contributed by atoms with Crippen LogP contribution in [0.25, 0.3) is 0 Å². The number of hydrogen-bond donors (Lipinski definition) is 3. The molecule has 0 bridgehead atoms. The minimum Gasteiger partial charge on any atom is -0.368 e. The topological polar surface area (TPSA) is 98.2 Å². The summed E-state index contributed by atoms with van der Waals surface area (Å²) < 4.78 is 0. The van der Waals surface area contributed by atoms with Crippen molar-refractivity contribution in [3.05, 3.63) is 0 Å². The Morgan fingerprint density at radius 1 is 1.31 bits per heavy atom. The Morgan fingerprint density at radius 2 is 1.81 bits per heavy atom. The van der Waals surface area contributed by atoms with Crippen LogP contribution in [0.4, 0.5) is 0 Å². The standard InChI is InChI=1S/C11H23N3O2/c1-7(12)5-6-8(15)14-9(10(13)16)11(2,3)4/h7,9H,5-6,12H2,1-4H3,(H2,13,16)(H,14,15). The summed E-state index contributed by atoms with van der Waals surface area (Å²) in [4.78, 5) is 22.7. The van der Waals surface area contributed by atoms with E-state index in [-0.39, 0.29) is 17.4 Å². The molecule has 0 aliphatic rings. The zero-order valence-electron chi connectivity index (χ0n) is 10.5. The monoisotopic (exact) mass is 229 g/mol. The molecule has 0 aliphatic carbocycles. The molecule has 5 N–H and O–H groups in total. The minimum atomic E-state index is -0.645. The van der Waals surface area contributed by atoms with Crippen LogP contribution in [-0.4, -0.2) is 23.9 Å². The van der Waals surface area contributed by atoms with E-state index in [2.05, 4.69) is 5.32 Å². The van der Waals surface area contributed by atoms with Gasteiger partial charge >= 0.3 is 0 Å². The molecular weight excluding hydrogens is 206 g/mol. The first-order valence-corrected chi connectivity index (χ1v) is 5.49. The molecule has 2 unspecified atom stereocenters. The number of nitrogens with one attached hydrogen (secondary N) is 1. The summed E-state index contributed by atoms with van der Waals surface area (Å²) in [6, 6.07) is -0.666. The van der Waals surface area contributed by atoms with Gasteiger partial charge in [-0.15, -0.1) is 0 Å². The second-order valence-electron chi connectivity index (χ2n) is 5.28. The lowest BCUT2D eigenvalue weighted by Gasteiger charge is -2.28. The maximum absolute atomic E-state index is 11.5. The van der Waals surface area contributed by atoms with Gasteiger partial charge in [0.15, 0.2) is 0 Å². The van der Waals surface area contributed by atoms with Crippen molar-refractivity contribution in [2.24, 2.45) is 16.9 Å². The molecule has 5 nitrogen and oxygen atoms in total. The third-order valence-corrected chi connectivity index (χ3v) is 2.28. The zero-order chi connectivity index (χ0) is 12.9. The summed E-state index contributed by atoms with van der Waals surface area (Å²) in [6.45, 7) is 7.40. The minimum absolute atomic E-state index is 0.0209. The van der Waals surface area contributed by atoms with E-state index in [9.17, 15) is 9.59 Å². The molecular formula is C11H23N3O2. The highest BCUT2D eigenvalue weighted by Gasteiger charge is 2.30. The number of amides is 2.